The van der Waals surface area contributed by atoms with Gasteiger partial charge in [-0.05, 0) is 48.4 Å². The van der Waals surface area contributed by atoms with Gasteiger partial charge in [0.25, 0.3) is 0 Å². The van der Waals surface area contributed by atoms with Crippen LogP contribution in [0.25, 0.3) is 10.9 Å². The summed E-state index contributed by atoms with van der Waals surface area (Å²) in [4.78, 5) is 4.34. The first-order chi connectivity index (χ1) is 9.78. The highest BCUT2D eigenvalue weighted by Crippen LogP contribution is 2.38. The summed E-state index contributed by atoms with van der Waals surface area (Å²) in [6, 6.07) is 10.2. The molecule has 3 unspecified atom stereocenters. The smallest absolute Gasteiger partial charge is 0.0818 e. The molecule has 0 saturated heterocycles. The highest BCUT2D eigenvalue weighted by Gasteiger charge is 2.27. The summed E-state index contributed by atoms with van der Waals surface area (Å²) in [6.45, 7) is 2.27. The van der Waals surface area contributed by atoms with Crippen LogP contribution in [-0.4, -0.2) is 10.1 Å². The molecular formula is C18H23NO. The Labute approximate surface area is 120 Å². The summed E-state index contributed by atoms with van der Waals surface area (Å²) in [5.74, 6) is 1.22. The highest BCUT2D eigenvalue weighted by atomic mass is 16.3. The third kappa shape index (κ3) is 2.71. The molecule has 0 bridgehead atoms. The third-order valence-corrected chi connectivity index (χ3v) is 4.82. The fourth-order valence-corrected chi connectivity index (χ4v) is 3.54. The Bertz CT molecular complexity index is 580. The van der Waals surface area contributed by atoms with Crippen LogP contribution in [-0.2, 0) is 0 Å². The molecule has 0 amide bonds. The van der Waals surface area contributed by atoms with Gasteiger partial charge in [0.15, 0.2) is 0 Å². The number of rotatable bonds is 3. The summed E-state index contributed by atoms with van der Waals surface area (Å²) in [5.41, 5.74) is 2.05. The van der Waals surface area contributed by atoms with Crippen LogP contribution in [0.15, 0.2) is 36.5 Å². The van der Waals surface area contributed by atoms with Gasteiger partial charge in [0.05, 0.1) is 11.6 Å². The van der Waals surface area contributed by atoms with Gasteiger partial charge < -0.3 is 5.11 Å². The van der Waals surface area contributed by atoms with Crippen molar-refractivity contribution in [3.63, 3.8) is 0 Å². The van der Waals surface area contributed by atoms with Crippen LogP contribution >= 0.6 is 0 Å². The Kier molecular flexibility index (Phi) is 4.02. The van der Waals surface area contributed by atoms with Crippen molar-refractivity contribution in [2.24, 2.45) is 11.8 Å². The zero-order valence-electron chi connectivity index (χ0n) is 12.1. The predicted octanol–water partition coefficient (Wildman–Crippen LogP) is 4.48. The molecule has 0 spiro atoms. The average Bonchev–Trinajstić information content (AvgIpc) is 2.53. The van der Waals surface area contributed by atoms with Crippen molar-refractivity contribution in [1.29, 1.82) is 0 Å². The second kappa shape index (κ2) is 5.92. The first-order valence-electron chi connectivity index (χ1n) is 7.80. The number of hydrogen-bond acceptors (Lipinski definition) is 2. The van der Waals surface area contributed by atoms with E-state index in [9.17, 15) is 5.11 Å². The lowest BCUT2D eigenvalue weighted by atomic mass is 9.76. The lowest BCUT2D eigenvalue weighted by Gasteiger charge is -2.32. The van der Waals surface area contributed by atoms with E-state index in [1.165, 1.54) is 25.7 Å². The summed E-state index contributed by atoms with van der Waals surface area (Å²) in [5, 5.41) is 11.8. The van der Waals surface area contributed by atoms with Gasteiger partial charge in [0.1, 0.15) is 0 Å². The molecule has 2 heteroatoms. The third-order valence-electron chi connectivity index (χ3n) is 4.82. The van der Waals surface area contributed by atoms with E-state index in [4.69, 9.17) is 0 Å². The van der Waals surface area contributed by atoms with Gasteiger partial charge in [0, 0.05) is 11.6 Å². The quantitative estimate of drug-likeness (QED) is 0.891. The first-order valence-corrected chi connectivity index (χ1v) is 7.80. The average molecular weight is 269 g/mol. The Morgan fingerprint density at radius 3 is 3.05 bits per heavy atom. The SMILES string of the molecule is CCC1CCCC(C(O)c2ccc3ncccc3c2)C1. The van der Waals surface area contributed by atoms with Crippen LogP contribution in [0.3, 0.4) is 0 Å². The lowest BCUT2D eigenvalue weighted by molar-refractivity contribution is 0.0679. The fourth-order valence-electron chi connectivity index (χ4n) is 3.54. The summed E-state index contributed by atoms with van der Waals surface area (Å²) in [7, 11) is 0. The number of pyridine rings is 1. The maximum atomic E-state index is 10.7. The van der Waals surface area contributed by atoms with Crippen LogP contribution < -0.4 is 0 Å². The van der Waals surface area contributed by atoms with Crippen LogP contribution in [0.2, 0.25) is 0 Å². The zero-order valence-corrected chi connectivity index (χ0v) is 12.1. The van der Waals surface area contributed by atoms with Gasteiger partial charge in [0.2, 0.25) is 0 Å². The molecule has 0 radical (unpaired) electrons. The van der Waals surface area contributed by atoms with Gasteiger partial charge in [-0.15, -0.1) is 0 Å². The molecule has 1 heterocycles. The topological polar surface area (TPSA) is 33.1 Å². The molecule has 1 aliphatic rings. The van der Waals surface area contributed by atoms with Gasteiger partial charge in [-0.3, -0.25) is 4.98 Å². The molecule has 1 aromatic heterocycles. The normalized spacial score (nSPS) is 24.7. The van der Waals surface area contributed by atoms with Gasteiger partial charge >= 0.3 is 0 Å². The molecule has 2 nitrogen and oxygen atoms in total. The Hall–Kier alpha value is -1.41. The van der Waals surface area contributed by atoms with Gasteiger partial charge in [-0.2, -0.15) is 0 Å². The van der Waals surface area contributed by atoms with E-state index in [-0.39, 0.29) is 6.10 Å². The Morgan fingerprint density at radius 2 is 2.20 bits per heavy atom. The van der Waals surface area contributed by atoms with Crippen molar-refractivity contribution in [3.8, 4) is 0 Å². The number of aromatic nitrogens is 1. The number of fused-ring (bicyclic) bond motifs is 1. The maximum Gasteiger partial charge on any atom is 0.0818 e. The summed E-state index contributed by atoms with van der Waals surface area (Å²) >= 11 is 0. The molecule has 3 atom stereocenters. The predicted molar refractivity (Wildman–Crippen MR) is 82.4 cm³/mol. The van der Waals surface area contributed by atoms with Crippen molar-refractivity contribution in [3.05, 3.63) is 42.1 Å². The van der Waals surface area contributed by atoms with E-state index in [0.717, 1.165) is 28.8 Å². The van der Waals surface area contributed by atoms with Crippen molar-refractivity contribution >= 4 is 10.9 Å². The number of hydrogen-bond donors (Lipinski definition) is 1. The molecule has 2 aromatic rings. The van der Waals surface area contributed by atoms with E-state index in [0.29, 0.717) is 5.92 Å². The molecule has 1 fully saturated rings. The maximum absolute atomic E-state index is 10.7. The molecule has 106 valence electrons. The van der Waals surface area contributed by atoms with Crippen LogP contribution in [0.4, 0.5) is 0 Å². The number of benzene rings is 1. The van der Waals surface area contributed by atoms with Gasteiger partial charge in [-0.25, -0.2) is 0 Å². The highest BCUT2D eigenvalue weighted by molar-refractivity contribution is 5.79. The summed E-state index contributed by atoms with van der Waals surface area (Å²) in [6.07, 6.45) is 7.65. The van der Waals surface area contributed by atoms with Crippen molar-refractivity contribution in [2.45, 2.75) is 45.1 Å². The Morgan fingerprint density at radius 1 is 1.30 bits per heavy atom. The lowest BCUT2D eigenvalue weighted by Crippen LogP contribution is -2.21. The fraction of sp³-hybridized carbons (Fsp3) is 0.500. The molecule has 20 heavy (non-hydrogen) atoms. The van der Waals surface area contributed by atoms with Crippen LogP contribution in [0, 0.1) is 11.8 Å². The molecule has 1 saturated carbocycles. The molecule has 1 aromatic carbocycles. The second-order valence-electron chi connectivity index (χ2n) is 6.10. The monoisotopic (exact) mass is 269 g/mol. The zero-order chi connectivity index (χ0) is 13.9. The first kappa shape index (κ1) is 13.6. The summed E-state index contributed by atoms with van der Waals surface area (Å²) < 4.78 is 0. The van der Waals surface area contributed by atoms with Crippen molar-refractivity contribution < 1.29 is 5.11 Å². The van der Waals surface area contributed by atoms with E-state index < -0.39 is 0 Å². The molecule has 3 rings (SSSR count). The largest absolute Gasteiger partial charge is 0.388 e. The van der Waals surface area contributed by atoms with Crippen molar-refractivity contribution in [1.82, 2.24) is 4.98 Å². The molecule has 1 N–H and O–H groups in total. The number of aliphatic hydroxyl groups is 1. The minimum Gasteiger partial charge on any atom is -0.388 e. The number of aliphatic hydroxyl groups excluding tert-OH is 1. The standard InChI is InChI=1S/C18H23NO/c1-2-13-5-3-6-15(11-13)18(20)16-8-9-17-14(12-16)7-4-10-19-17/h4,7-10,12-13,15,18,20H,2-3,5-6,11H2,1H3. The van der Waals surface area contributed by atoms with E-state index in [2.05, 4.69) is 24.0 Å². The minimum absolute atomic E-state index is 0.325. The second-order valence-corrected chi connectivity index (χ2v) is 6.10. The molecule has 0 aliphatic heterocycles. The minimum atomic E-state index is -0.325. The Balaban J connectivity index is 1.82. The van der Waals surface area contributed by atoms with E-state index in [1.807, 2.05) is 24.4 Å². The van der Waals surface area contributed by atoms with Crippen LogP contribution in [0.5, 0.6) is 0 Å². The number of nitrogens with zero attached hydrogens (tertiary/aromatic N) is 1. The molecule has 1 aliphatic carbocycles. The van der Waals surface area contributed by atoms with E-state index in [1.54, 1.807) is 0 Å². The van der Waals surface area contributed by atoms with Crippen molar-refractivity contribution in [2.75, 3.05) is 0 Å². The van der Waals surface area contributed by atoms with Crippen LogP contribution in [0.1, 0.15) is 50.7 Å². The van der Waals surface area contributed by atoms with Gasteiger partial charge in [-0.1, -0.05) is 38.3 Å². The molecular weight excluding hydrogens is 246 g/mol. The van der Waals surface area contributed by atoms with E-state index >= 15 is 0 Å².